The molecule has 0 atom stereocenters. The SMILES string of the molecule is Cn1c(=O)c(-c2nc3cc(C(O)O)ccc3o2)c2c3c(c(Nc4cccc(C(=O)O)c4)ccc31)C(=O)c1ccccc1-2. The fourth-order valence-corrected chi connectivity index (χ4v) is 5.57. The highest BCUT2D eigenvalue weighted by atomic mass is 16.5. The Labute approximate surface area is 236 Å². The second-order valence-corrected chi connectivity index (χ2v) is 10.0. The van der Waals surface area contributed by atoms with Crippen molar-refractivity contribution in [2.75, 3.05) is 5.32 Å². The fraction of sp³-hybridized carbons (Fsp3) is 0.0625. The number of hydrogen-bond acceptors (Lipinski definition) is 8. The lowest BCUT2D eigenvalue weighted by atomic mass is 9.81. The molecule has 0 fully saturated rings. The van der Waals surface area contributed by atoms with E-state index in [0.717, 1.165) is 0 Å². The minimum atomic E-state index is -1.70. The number of benzene rings is 4. The van der Waals surface area contributed by atoms with Gasteiger partial charge in [-0.1, -0.05) is 36.4 Å². The highest BCUT2D eigenvalue weighted by Gasteiger charge is 2.33. The van der Waals surface area contributed by atoms with Crippen molar-refractivity contribution >= 4 is 45.1 Å². The summed E-state index contributed by atoms with van der Waals surface area (Å²) in [5.41, 5.74) is 3.91. The first kappa shape index (κ1) is 25.4. The Bertz CT molecular complexity index is 2190. The minimum Gasteiger partial charge on any atom is -0.478 e. The van der Waals surface area contributed by atoms with Crippen LogP contribution >= 0.6 is 0 Å². The molecule has 10 heteroatoms. The van der Waals surface area contributed by atoms with E-state index < -0.39 is 17.8 Å². The highest BCUT2D eigenvalue weighted by molar-refractivity contribution is 6.29. The molecule has 206 valence electrons. The molecule has 0 spiro atoms. The summed E-state index contributed by atoms with van der Waals surface area (Å²) in [5, 5.41) is 32.4. The summed E-state index contributed by atoms with van der Waals surface area (Å²) in [6.45, 7) is 0. The Morgan fingerprint density at radius 1 is 0.905 bits per heavy atom. The molecule has 1 aliphatic rings. The monoisotopic (exact) mass is 559 g/mol. The van der Waals surface area contributed by atoms with Gasteiger partial charge in [-0.25, -0.2) is 9.78 Å². The third-order valence-corrected chi connectivity index (χ3v) is 7.54. The van der Waals surface area contributed by atoms with Crippen molar-refractivity contribution in [3.63, 3.8) is 0 Å². The number of carbonyl (C=O) groups excluding carboxylic acids is 1. The molecule has 0 saturated heterocycles. The first-order valence-corrected chi connectivity index (χ1v) is 12.9. The van der Waals surface area contributed by atoms with Gasteiger partial charge >= 0.3 is 5.97 Å². The van der Waals surface area contributed by atoms with Gasteiger partial charge in [-0.2, -0.15) is 0 Å². The number of pyridine rings is 1. The summed E-state index contributed by atoms with van der Waals surface area (Å²) in [4.78, 5) is 44.1. The number of aliphatic hydroxyl groups excluding tert-OH is 1. The molecule has 10 nitrogen and oxygen atoms in total. The molecule has 4 aromatic carbocycles. The van der Waals surface area contributed by atoms with Crippen molar-refractivity contribution in [3.8, 4) is 22.6 Å². The molecule has 0 saturated carbocycles. The van der Waals surface area contributed by atoms with Crippen LogP contribution in [-0.4, -0.2) is 36.6 Å². The largest absolute Gasteiger partial charge is 0.478 e. The minimum absolute atomic E-state index is 0.0229. The number of aromatic carboxylic acids is 1. The number of carbonyl (C=O) groups is 2. The third-order valence-electron chi connectivity index (χ3n) is 7.54. The van der Waals surface area contributed by atoms with Crippen LogP contribution in [0.2, 0.25) is 0 Å². The highest BCUT2D eigenvalue weighted by Crippen LogP contribution is 2.46. The molecular weight excluding hydrogens is 538 g/mol. The summed E-state index contributed by atoms with van der Waals surface area (Å²) in [5.74, 6) is -1.32. The predicted molar refractivity (Wildman–Crippen MR) is 155 cm³/mol. The molecule has 0 bridgehead atoms. The standard InChI is InChI=1S/C32H21N3O7/c1-35-22-11-10-20(33-17-6-4-5-15(13-17)31(38)39)25-26(22)24(18-7-2-3-8-19(18)28(25)36)27(30(35)37)29-34-21-14-16(32(40)41)9-12-23(21)42-29/h2-14,32-33,40-41H,1H3,(H,38,39). The van der Waals surface area contributed by atoms with Gasteiger partial charge in [0, 0.05) is 34.8 Å². The first-order valence-electron chi connectivity index (χ1n) is 12.9. The zero-order valence-corrected chi connectivity index (χ0v) is 22.0. The molecule has 2 aromatic heterocycles. The van der Waals surface area contributed by atoms with Gasteiger partial charge in [0.05, 0.1) is 22.3 Å². The molecule has 6 aromatic rings. The predicted octanol–water partition coefficient (Wildman–Crippen LogP) is 4.98. The van der Waals surface area contributed by atoms with E-state index in [0.29, 0.717) is 55.6 Å². The van der Waals surface area contributed by atoms with Crippen molar-refractivity contribution in [2.45, 2.75) is 6.29 Å². The van der Waals surface area contributed by atoms with Crippen molar-refractivity contribution in [1.29, 1.82) is 0 Å². The zero-order chi connectivity index (χ0) is 29.3. The van der Waals surface area contributed by atoms with Crippen LogP contribution in [0.5, 0.6) is 0 Å². The van der Waals surface area contributed by atoms with E-state index in [-0.39, 0.29) is 28.4 Å². The van der Waals surface area contributed by atoms with Crippen molar-refractivity contribution in [3.05, 3.63) is 111 Å². The van der Waals surface area contributed by atoms with E-state index in [9.17, 15) is 29.7 Å². The Kier molecular flexibility index (Phi) is 5.58. The van der Waals surface area contributed by atoms with Crippen LogP contribution in [0.1, 0.15) is 38.1 Å². The molecule has 2 heterocycles. The molecule has 0 aliphatic heterocycles. The second-order valence-electron chi connectivity index (χ2n) is 10.0. The summed E-state index contributed by atoms with van der Waals surface area (Å²) in [7, 11) is 1.60. The quantitative estimate of drug-likeness (QED) is 0.214. The number of aryl methyl sites for hydroxylation is 1. The average molecular weight is 560 g/mol. The fourth-order valence-electron chi connectivity index (χ4n) is 5.57. The van der Waals surface area contributed by atoms with Gasteiger partial charge in [0.1, 0.15) is 11.1 Å². The first-order chi connectivity index (χ1) is 20.2. The van der Waals surface area contributed by atoms with Gasteiger partial charge < -0.3 is 29.6 Å². The smallest absolute Gasteiger partial charge is 0.335 e. The second kappa shape index (κ2) is 9.23. The topological polar surface area (TPSA) is 155 Å². The number of oxazole rings is 1. The van der Waals surface area contributed by atoms with Crippen LogP contribution in [0.25, 0.3) is 44.6 Å². The van der Waals surface area contributed by atoms with Crippen LogP contribution in [0.3, 0.4) is 0 Å². The van der Waals surface area contributed by atoms with Crippen molar-refractivity contribution in [1.82, 2.24) is 9.55 Å². The Morgan fingerprint density at radius 2 is 1.69 bits per heavy atom. The molecular formula is C32H21N3O7. The molecule has 0 amide bonds. The van der Waals surface area contributed by atoms with Gasteiger partial charge in [0.15, 0.2) is 17.7 Å². The normalized spacial score (nSPS) is 12.2. The van der Waals surface area contributed by atoms with Crippen LogP contribution in [0.4, 0.5) is 11.4 Å². The van der Waals surface area contributed by atoms with E-state index in [4.69, 9.17) is 4.42 Å². The lowest BCUT2D eigenvalue weighted by molar-refractivity contribution is -0.0424. The molecule has 7 rings (SSSR count). The molecule has 42 heavy (non-hydrogen) atoms. The molecule has 0 radical (unpaired) electrons. The lowest BCUT2D eigenvalue weighted by Crippen LogP contribution is -2.24. The molecule has 4 N–H and O–H groups in total. The molecule has 1 aliphatic carbocycles. The van der Waals surface area contributed by atoms with Crippen LogP contribution in [-0.2, 0) is 7.05 Å². The van der Waals surface area contributed by atoms with E-state index in [2.05, 4.69) is 10.3 Å². The number of aliphatic hydroxyl groups is 2. The van der Waals surface area contributed by atoms with Crippen molar-refractivity contribution in [2.24, 2.45) is 7.05 Å². The Morgan fingerprint density at radius 3 is 2.45 bits per heavy atom. The van der Waals surface area contributed by atoms with Gasteiger partial charge in [-0.15, -0.1) is 0 Å². The third kappa shape index (κ3) is 3.74. The number of aromatic nitrogens is 2. The number of hydrogen-bond donors (Lipinski definition) is 4. The van der Waals surface area contributed by atoms with Crippen LogP contribution in [0, 0.1) is 0 Å². The van der Waals surface area contributed by atoms with Gasteiger partial charge in [-0.3, -0.25) is 9.59 Å². The maximum atomic E-state index is 14.1. The number of nitrogens with zero attached hydrogens (tertiary/aromatic N) is 2. The van der Waals surface area contributed by atoms with Crippen LogP contribution < -0.4 is 10.9 Å². The van der Waals surface area contributed by atoms with E-state index >= 15 is 0 Å². The number of carboxylic acids is 1. The summed E-state index contributed by atoms with van der Waals surface area (Å²) in [6, 6.07) is 21.2. The summed E-state index contributed by atoms with van der Waals surface area (Å²) in [6.07, 6.45) is -1.70. The average Bonchev–Trinajstić information content (AvgIpc) is 3.41. The maximum absolute atomic E-state index is 14.1. The summed E-state index contributed by atoms with van der Waals surface area (Å²) < 4.78 is 7.48. The maximum Gasteiger partial charge on any atom is 0.335 e. The van der Waals surface area contributed by atoms with Gasteiger partial charge in [0.2, 0.25) is 5.89 Å². The van der Waals surface area contributed by atoms with E-state index in [1.54, 1.807) is 61.6 Å². The van der Waals surface area contributed by atoms with E-state index in [1.165, 1.54) is 28.8 Å². The number of nitrogens with one attached hydrogen (secondary N) is 1. The Hall–Kier alpha value is -5.58. The van der Waals surface area contributed by atoms with Crippen LogP contribution in [0.15, 0.2) is 88.1 Å². The lowest BCUT2D eigenvalue weighted by Gasteiger charge is -2.25. The number of ketones is 1. The van der Waals surface area contributed by atoms with Crippen molar-refractivity contribution < 1.29 is 29.3 Å². The molecule has 0 unspecified atom stereocenters. The number of carboxylic acid groups (broad SMARTS) is 1. The summed E-state index contributed by atoms with van der Waals surface area (Å²) >= 11 is 0. The zero-order valence-electron chi connectivity index (χ0n) is 22.0. The number of rotatable bonds is 5. The van der Waals surface area contributed by atoms with Gasteiger partial charge in [-0.05, 0) is 48.0 Å². The number of fused-ring (bicyclic) bond motifs is 3. The Balaban J connectivity index is 1.55. The van der Waals surface area contributed by atoms with E-state index in [1.807, 2.05) is 0 Å². The van der Waals surface area contributed by atoms with Gasteiger partial charge in [0.25, 0.3) is 5.56 Å². The number of anilines is 2.